The minimum absolute atomic E-state index is 0.342. The molecular formula is C17H30N2S. The normalized spacial score (nSPS) is 17.6. The molecule has 1 aliphatic rings. The van der Waals surface area contributed by atoms with Gasteiger partial charge in [-0.1, -0.05) is 33.6 Å². The van der Waals surface area contributed by atoms with Gasteiger partial charge in [-0.15, -0.1) is 11.3 Å². The molecule has 0 aromatic carbocycles. The summed E-state index contributed by atoms with van der Waals surface area (Å²) < 4.78 is 0. The Hall–Kier alpha value is -0.380. The molecule has 0 radical (unpaired) electrons. The summed E-state index contributed by atoms with van der Waals surface area (Å²) in [6.45, 7) is 6.93. The van der Waals surface area contributed by atoms with Gasteiger partial charge in [0.2, 0.25) is 0 Å². The smallest absolute Gasteiger partial charge is 0.0553 e. The molecule has 3 heteroatoms. The van der Waals surface area contributed by atoms with Gasteiger partial charge in [-0.05, 0) is 55.6 Å². The van der Waals surface area contributed by atoms with Crippen molar-refractivity contribution in [2.45, 2.75) is 78.2 Å². The van der Waals surface area contributed by atoms with E-state index < -0.39 is 0 Å². The van der Waals surface area contributed by atoms with Crippen LogP contribution in [0, 0.1) is 5.41 Å². The lowest BCUT2D eigenvalue weighted by Gasteiger charge is -2.20. The summed E-state index contributed by atoms with van der Waals surface area (Å²) in [6.07, 6.45) is 10.3. The molecule has 2 rings (SSSR count). The molecule has 20 heavy (non-hydrogen) atoms. The Morgan fingerprint density at radius 3 is 2.70 bits per heavy atom. The van der Waals surface area contributed by atoms with Crippen molar-refractivity contribution in [3.05, 3.63) is 21.4 Å². The predicted octanol–water partition coefficient (Wildman–Crippen LogP) is 4.74. The summed E-state index contributed by atoms with van der Waals surface area (Å²) in [4.78, 5) is 3.07. The maximum atomic E-state index is 5.80. The van der Waals surface area contributed by atoms with Crippen LogP contribution in [-0.4, -0.2) is 0 Å². The van der Waals surface area contributed by atoms with Crippen molar-refractivity contribution in [2.75, 3.05) is 0 Å². The molecule has 0 bridgehead atoms. The molecule has 2 nitrogen and oxygen atoms in total. The first-order chi connectivity index (χ1) is 9.49. The molecule has 1 atom stereocenters. The van der Waals surface area contributed by atoms with Crippen molar-refractivity contribution in [2.24, 2.45) is 11.3 Å². The first-order valence-electron chi connectivity index (χ1n) is 8.07. The molecule has 0 fully saturated rings. The van der Waals surface area contributed by atoms with Crippen LogP contribution >= 0.6 is 11.3 Å². The fourth-order valence-corrected chi connectivity index (χ4v) is 4.36. The number of nitrogens with one attached hydrogen (secondary N) is 1. The van der Waals surface area contributed by atoms with Gasteiger partial charge in [0.1, 0.15) is 0 Å². The summed E-state index contributed by atoms with van der Waals surface area (Å²) in [5.74, 6) is 5.80. The molecule has 114 valence electrons. The van der Waals surface area contributed by atoms with Crippen molar-refractivity contribution in [1.29, 1.82) is 0 Å². The van der Waals surface area contributed by atoms with E-state index >= 15 is 0 Å². The summed E-state index contributed by atoms with van der Waals surface area (Å²) in [5.41, 5.74) is 5.06. The second-order valence-corrected chi connectivity index (χ2v) is 8.50. The largest absolute Gasteiger partial charge is 0.271 e. The van der Waals surface area contributed by atoms with E-state index in [-0.39, 0.29) is 0 Å². The molecule has 0 aliphatic heterocycles. The zero-order valence-corrected chi connectivity index (χ0v) is 14.1. The zero-order chi connectivity index (χ0) is 14.6. The Bertz CT molecular complexity index is 394. The molecule has 0 amide bonds. The summed E-state index contributed by atoms with van der Waals surface area (Å²) >= 11 is 2.00. The number of hydrogen-bond acceptors (Lipinski definition) is 3. The molecule has 1 aliphatic carbocycles. The highest BCUT2D eigenvalue weighted by atomic mass is 32.1. The summed E-state index contributed by atoms with van der Waals surface area (Å²) in [5, 5.41) is 0. The number of nitrogens with two attached hydrogens (primary N) is 1. The van der Waals surface area contributed by atoms with Crippen molar-refractivity contribution in [3.8, 4) is 0 Å². The van der Waals surface area contributed by atoms with Gasteiger partial charge >= 0.3 is 0 Å². The molecule has 1 unspecified atom stereocenters. The number of aryl methyl sites for hydroxylation is 2. The van der Waals surface area contributed by atoms with Crippen LogP contribution in [0.25, 0.3) is 0 Å². The lowest BCUT2D eigenvalue weighted by molar-refractivity contribution is 0.345. The molecule has 0 saturated heterocycles. The van der Waals surface area contributed by atoms with Gasteiger partial charge in [-0.25, -0.2) is 0 Å². The highest BCUT2D eigenvalue weighted by molar-refractivity contribution is 7.12. The van der Waals surface area contributed by atoms with E-state index in [1.807, 2.05) is 11.3 Å². The molecule has 1 aromatic rings. The van der Waals surface area contributed by atoms with Crippen LogP contribution in [0.5, 0.6) is 0 Å². The van der Waals surface area contributed by atoms with Crippen LogP contribution in [0.15, 0.2) is 6.07 Å². The quantitative estimate of drug-likeness (QED) is 0.468. The molecule has 3 N–H and O–H groups in total. The van der Waals surface area contributed by atoms with E-state index in [4.69, 9.17) is 5.84 Å². The maximum Gasteiger partial charge on any atom is 0.0553 e. The van der Waals surface area contributed by atoms with E-state index in [9.17, 15) is 0 Å². The number of hydrogen-bond donors (Lipinski definition) is 2. The monoisotopic (exact) mass is 294 g/mol. The average molecular weight is 295 g/mol. The SMILES string of the molecule is CC(C)(C)CCCC(NN)c1cc2c(s1)CCCCC2. The Labute approximate surface area is 128 Å². The Morgan fingerprint density at radius 2 is 2.00 bits per heavy atom. The topological polar surface area (TPSA) is 38.0 Å². The lowest BCUT2D eigenvalue weighted by Crippen LogP contribution is -2.27. The van der Waals surface area contributed by atoms with Gasteiger partial charge in [0, 0.05) is 9.75 Å². The number of fused-ring (bicyclic) bond motifs is 1. The lowest BCUT2D eigenvalue weighted by atomic mass is 9.89. The van der Waals surface area contributed by atoms with Gasteiger partial charge in [-0.2, -0.15) is 0 Å². The number of thiophene rings is 1. The van der Waals surface area contributed by atoms with E-state index in [0.29, 0.717) is 11.5 Å². The molecule has 0 spiro atoms. The van der Waals surface area contributed by atoms with Crippen LogP contribution in [0.3, 0.4) is 0 Å². The van der Waals surface area contributed by atoms with Crippen LogP contribution in [0.1, 0.15) is 80.7 Å². The van der Waals surface area contributed by atoms with Crippen LogP contribution < -0.4 is 11.3 Å². The second kappa shape index (κ2) is 7.06. The van der Waals surface area contributed by atoms with Gasteiger partial charge < -0.3 is 0 Å². The standard InChI is InChI=1S/C17H30N2S/c1-17(2,3)11-7-9-14(19-18)16-12-13-8-5-4-6-10-15(13)20-16/h12,14,19H,4-11,18H2,1-3H3. The molecule has 1 heterocycles. The van der Waals surface area contributed by atoms with E-state index in [1.165, 1.54) is 49.8 Å². The highest BCUT2D eigenvalue weighted by Gasteiger charge is 2.18. The van der Waals surface area contributed by atoms with E-state index in [1.54, 1.807) is 10.4 Å². The van der Waals surface area contributed by atoms with Crippen LogP contribution in [0.2, 0.25) is 0 Å². The van der Waals surface area contributed by atoms with Gasteiger partial charge in [0.25, 0.3) is 0 Å². The zero-order valence-electron chi connectivity index (χ0n) is 13.3. The Kier molecular flexibility index (Phi) is 5.65. The van der Waals surface area contributed by atoms with Crippen molar-refractivity contribution in [3.63, 3.8) is 0 Å². The number of hydrazine groups is 1. The first kappa shape index (κ1) is 16.0. The van der Waals surface area contributed by atoms with Crippen molar-refractivity contribution >= 4 is 11.3 Å². The summed E-state index contributed by atoms with van der Waals surface area (Å²) in [6, 6.07) is 2.77. The third kappa shape index (κ3) is 4.57. The van der Waals surface area contributed by atoms with Crippen molar-refractivity contribution in [1.82, 2.24) is 5.43 Å². The van der Waals surface area contributed by atoms with E-state index in [0.717, 1.165) is 6.42 Å². The Balaban J connectivity index is 1.97. The minimum Gasteiger partial charge on any atom is -0.271 e. The average Bonchev–Trinajstić information content (AvgIpc) is 2.64. The minimum atomic E-state index is 0.342. The fraction of sp³-hybridized carbons (Fsp3) is 0.765. The van der Waals surface area contributed by atoms with Gasteiger partial charge in [-0.3, -0.25) is 11.3 Å². The van der Waals surface area contributed by atoms with Gasteiger partial charge in [0.05, 0.1) is 6.04 Å². The number of rotatable bonds is 5. The molecule has 1 aromatic heterocycles. The third-order valence-corrected chi connectivity index (χ3v) is 5.58. The fourth-order valence-electron chi connectivity index (χ4n) is 3.01. The van der Waals surface area contributed by atoms with Gasteiger partial charge in [0.15, 0.2) is 0 Å². The molecular weight excluding hydrogens is 264 g/mol. The van der Waals surface area contributed by atoms with E-state index in [2.05, 4.69) is 32.3 Å². The first-order valence-corrected chi connectivity index (χ1v) is 8.89. The highest BCUT2D eigenvalue weighted by Crippen LogP contribution is 2.34. The van der Waals surface area contributed by atoms with Crippen LogP contribution in [-0.2, 0) is 12.8 Å². The maximum absolute atomic E-state index is 5.80. The summed E-state index contributed by atoms with van der Waals surface area (Å²) in [7, 11) is 0. The van der Waals surface area contributed by atoms with Crippen molar-refractivity contribution < 1.29 is 0 Å². The second-order valence-electron chi connectivity index (χ2n) is 7.33. The third-order valence-electron chi connectivity index (χ3n) is 4.23. The Morgan fingerprint density at radius 1 is 1.25 bits per heavy atom. The predicted molar refractivity (Wildman–Crippen MR) is 88.9 cm³/mol. The van der Waals surface area contributed by atoms with Crippen LogP contribution in [0.4, 0.5) is 0 Å². The molecule has 0 saturated carbocycles.